The second-order valence-corrected chi connectivity index (χ2v) is 16.3. The molecule has 14 heteroatoms. The Kier molecular flexibility index (Phi) is 33.7. The maximum absolute atomic E-state index is 12.8. The van der Waals surface area contributed by atoms with Crippen LogP contribution in [0.2, 0.25) is 0 Å². The van der Waals surface area contributed by atoms with Crippen molar-refractivity contribution in [2.75, 3.05) is 13.2 Å². The number of hydrogen-bond donors (Lipinski definition) is 6. The predicted molar refractivity (Wildman–Crippen MR) is 244 cm³/mol. The molecule has 0 radical (unpaired) electrons. The Hall–Kier alpha value is -3.49. The zero-order valence-electron chi connectivity index (χ0n) is 36.9. The van der Waals surface area contributed by atoms with E-state index in [1.54, 1.807) is 0 Å². The van der Waals surface area contributed by atoms with Crippen LogP contribution in [-0.2, 0) is 32.7 Å². The van der Waals surface area contributed by atoms with Gasteiger partial charge in [0.2, 0.25) is 0 Å². The van der Waals surface area contributed by atoms with Crippen LogP contribution in [0.25, 0.3) is 0 Å². The van der Waals surface area contributed by atoms with E-state index in [9.17, 15) is 44.6 Å². The molecule has 0 aromatic heterocycles. The first-order valence-corrected chi connectivity index (χ1v) is 23.7. The molecule has 0 heterocycles. The zero-order chi connectivity index (χ0) is 45.7. The second kappa shape index (κ2) is 36.9. The number of rotatable bonds is 34. The number of aliphatic hydroxyl groups excluding tert-OH is 5. The van der Waals surface area contributed by atoms with Crippen LogP contribution in [0.3, 0.4) is 0 Å². The lowest BCUT2D eigenvalue weighted by Crippen LogP contribution is -2.64. The summed E-state index contributed by atoms with van der Waals surface area (Å²) in [5.41, 5.74) is 0. The summed E-state index contributed by atoms with van der Waals surface area (Å²) in [6.45, 7) is 2.96. The summed E-state index contributed by atoms with van der Waals surface area (Å²) in [5, 5.41) is 50.1. The van der Waals surface area contributed by atoms with Gasteiger partial charge in [-0.3, -0.25) is 18.6 Å². The number of phosphoric acid groups is 1. The fourth-order valence-electron chi connectivity index (χ4n) is 5.91. The van der Waals surface area contributed by atoms with Gasteiger partial charge in [0, 0.05) is 12.8 Å². The minimum Gasteiger partial charge on any atom is -0.462 e. The molecular formula is C48H75O13P. The number of unbranched alkanes of at least 4 members (excludes halogenated alkanes) is 7. The molecule has 13 nitrogen and oxygen atoms in total. The number of hydrogen-bond acceptors (Lipinski definition) is 12. The van der Waals surface area contributed by atoms with Gasteiger partial charge in [0.1, 0.15) is 43.2 Å². The molecule has 8 atom stereocenters. The zero-order valence-corrected chi connectivity index (χ0v) is 37.8. The Labute approximate surface area is 370 Å². The average molecular weight is 891 g/mol. The highest BCUT2D eigenvalue weighted by Gasteiger charge is 2.51. The summed E-state index contributed by atoms with van der Waals surface area (Å²) in [6, 6.07) is 0. The first-order chi connectivity index (χ1) is 29.9. The summed E-state index contributed by atoms with van der Waals surface area (Å²) in [5.74, 6) is -1.19. The fourth-order valence-corrected chi connectivity index (χ4v) is 6.88. The van der Waals surface area contributed by atoms with Crippen LogP contribution in [0, 0.1) is 0 Å². The Bertz CT molecular complexity index is 1500. The summed E-state index contributed by atoms with van der Waals surface area (Å²) < 4.78 is 33.4. The molecule has 6 N–H and O–H groups in total. The maximum atomic E-state index is 12.8. The number of esters is 2. The van der Waals surface area contributed by atoms with E-state index in [1.807, 2.05) is 42.5 Å². The molecule has 0 aromatic rings. The van der Waals surface area contributed by atoms with E-state index in [-0.39, 0.29) is 12.8 Å². The lowest BCUT2D eigenvalue weighted by Gasteiger charge is -2.41. The van der Waals surface area contributed by atoms with Crippen molar-refractivity contribution in [3.05, 3.63) is 109 Å². The highest BCUT2D eigenvalue weighted by Crippen LogP contribution is 2.47. The van der Waals surface area contributed by atoms with Crippen molar-refractivity contribution in [1.29, 1.82) is 0 Å². The van der Waals surface area contributed by atoms with Crippen molar-refractivity contribution >= 4 is 19.8 Å². The maximum Gasteiger partial charge on any atom is 0.472 e. The normalized spacial score (nSPS) is 22.9. The quantitative estimate of drug-likeness (QED) is 0.0118. The average Bonchev–Trinajstić information content (AvgIpc) is 3.25. The van der Waals surface area contributed by atoms with Crippen LogP contribution in [-0.4, -0.2) is 98.3 Å². The van der Waals surface area contributed by atoms with Crippen LogP contribution in [0.4, 0.5) is 0 Å². The molecule has 350 valence electrons. The van der Waals surface area contributed by atoms with Crippen molar-refractivity contribution in [1.82, 2.24) is 0 Å². The van der Waals surface area contributed by atoms with Crippen molar-refractivity contribution in [3.8, 4) is 0 Å². The number of phosphoric ester groups is 1. The third kappa shape index (κ3) is 29.0. The Morgan fingerprint density at radius 3 is 1.52 bits per heavy atom. The first-order valence-electron chi connectivity index (χ1n) is 22.2. The van der Waals surface area contributed by atoms with Gasteiger partial charge in [-0.05, 0) is 77.0 Å². The Morgan fingerprint density at radius 2 is 0.952 bits per heavy atom. The molecule has 62 heavy (non-hydrogen) atoms. The van der Waals surface area contributed by atoms with E-state index in [1.165, 1.54) is 0 Å². The van der Waals surface area contributed by atoms with Gasteiger partial charge in [0.15, 0.2) is 6.10 Å². The Morgan fingerprint density at radius 1 is 0.516 bits per heavy atom. The number of aliphatic hydroxyl groups is 5. The monoisotopic (exact) mass is 890 g/mol. The lowest BCUT2D eigenvalue weighted by atomic mass is 9.85. The minimum absolute atomic E-state index is 0.0373. The molecule has 0 aliphatic heterocycles. The molecule has 0 spiro atoms. The molecule has 1 fully saturated rings. The number of ether oxygens (including phenoxy) is 2. The highest BCUT2D eigenvalue weighted by molar-refractivity contribution is 7.47. The molecule has 0 amide bonds. The van der Waals surface area contributed by atoms with Gasteiger partial charge in [-0.2, -0.15) is 0 Å². The Balaban J connectivity index is 2.51. The lowest BCUT2D eigenvalue weighted by molar-refractivity contribution is -0.220. The van der Waals surface area contributed by atoms with E-state index < -0.39 is 75.7 Å². The first kappa shape index (κ1) is 56.5. The van der Waals surface area contributed by atoms with Crippen LogP contribution in [0.1, 0.15) is 123 Å². The summed E-state index contributed by atoms with van der Waals surface area (Å²) in [7, 11) is -5.14. The van der Waals surface area contributed by atoms with Crippen molar-refractivity contribution in [3.63, 3.8) is 0 Å². The van der Waals surface area contributed by atoms with Crippen molar-refractivity contribution in [2.24, 2.45) is 0 Å². The highest BCUT2D eigenvalue weighted by atomic mass is 31.2. The third-order valence-electron chi connectivity index (χ3n) is 9.45. The van der Waals surface area contributed by atoms with Crippen LogP contribution in [0.15, 0.2) is 109 Å². The summed E-state index contributed by atoms with van der Waals surface area (Å²) in [6.07, 6.45) is 37.2. The third-order valence-corrected chi connectivity index (χ3v) is 10.4. The van der Waals surface area contributed by atoms with Gasteiger partial charge in [0.25, 0.3) is 0 Å². The van der Waals surface area contributed by atoms with Crippen molar-refractivity contribution < 1.29 is 63.1 Å². The van der Waals surface area contributed by atoms with Gasteiger partial charge < -0.3 is 39.9 Å². The van der Waals surface area contributed by atoms with Gasteiger partial charge in [0.05, 0.1) is 6.61 Å². The van der Waals surface area contributed by atoms with E-state index in [0.29, 0.717) is 12.8 Å². The smallest absolute Gasteiger partial charge is 0.462 e. The van der Waals surface area contributed by atoms with Crippen LogP contribution < -0.4 is 0 Å². The number of allylic oxidation sites excluding steroid dienone is 18. The van der Waals surface area contributed by atoms with Gasteiger partial charge in [-0.15, -0.1) is 0 Å². The topological polar surface area (TPSA) is 210 Å². The molecule has 0 aromatic carbocycles. The molecule has 1 aliphatic rings. The fraction of sp³-hybridized carbons (Fsp3) is 0.583. The molecular weight excluding hydrogens is 815 g/mol. The molecule has 0 bridgehead atoms. The van der Waals surface area contributed by atoms with E-state index in [0.717, 1.165) is 83.5 Å². The summed E-state index contributed by atoms with van der Waals surface area (Å²) >= 11 is 0. The van der Waals surface area contributed by atoms with Crippen LogP contribution >= 0.6 is 7.82 Å². The van der Waals surface area contributed by atoms with E-state index in [4.69, 9.17) is 18.5 Å². The van der Waals surface area contributed by atoms with E-state index in [2.05, 4.69) is 80.7 Å². The van der Waals surface area contributed by atoms with Crippen molar-refractivity contribution in [2.45, 2.75) is 166 Å². The van der Waals surface area contributed by atoms with Gasteiger partial charge in [-0.25, -0.2) is 4.57 Å². The number of carbonyl (C=O) groups excluding carboxylic acids is 2. The standard InChI is InChI=1S/C48H75O13P/c1-3-5-7-9-11-13-15-17-18-19-20-21-22-23-25-26-28-30-32-34-36-41(49)58-38-40(39-59-62(56,57)61-48-46(54)44(52)43(51)45(53)47(48)55)60-42(50)37-35-33-31-29-27-24-16-14-12-10-8-6-4-2/h5-8,10-14,16-18,20-21,23-25,27,40,43-48,51-55H,3-4,9,15,19,22,26,28-39H2,1-2H3,(H,56,57)/b7-5+,8-6+,12-10+,13-11+,16-14+,18-17+,21-20+,25-23+,27-24+/t40?,43?,44-,45?,46?,47?,48?/m0/s1. The van der Waals surface area contributed by atoms with Gasteiger partial charge in [-0.1, -0.05) is 142 Å². The number of carbonyl (C=O) groups is 2. The van der Waals surface area contributed by atoms with Crippen LogP contribution in [0.5, 0.6) is 0 Å². The molecule has 0 saturated heterocycles. The summed E-state index contributed by atoms with van der Waals surface area (Å²) in [4.78, 5) is 35.6. The largest absolute Gasteiger partial charge is 0.472 e. The van der Waals surface area contributed by atoms with Gasteiger partial charge >= 0.3 is 19.8 Å². The SMILES string of the molecule is CC/C=C/C=C/C=C/C=C/CCCCCC(=O)OC(COC(=O)CCCCCC/C=C/C/C=C/C/C=C/C/C=C/C/C=C/CC)COP(=O)(O)OC1C(O)C(O)C(O)[C@H](O)C1O. The molecule has 1 rings (SSSR count). The molecule has 1 saturated carbocycles. The van der Waals surface area contributed by atoms with E-state index >= 15 is 0 Å². The predicted octanol–water partition coefficient (Wildman–Crippen LogP) is 8.44. The second-order valence-electron chi connectivity index (χ2n) is 14.9. The molecule has 7 unspecified atom stereocenters. The minimum atomic E-state index is -5.14. The molecule has 1 aliphatic carbocycles.